The maximum atomic E-state index is 10.2. The van der Waals surface area contributed by atoms with Crippen molar-refractivity contribution in [2.45, 2.75) is 104 Å². The molecule has 22 heavy (non-hydrogen) atoms. The predicted octanol–water partition coefficient (Wildman–Crippen LogP) is 4.94. The minimum atomic E-state index is -0.322. The molecule has 0 spiro atoms. The third kappa shape index (κ3) is 2.65. The molecule has 0 aromatic carbocycles. The van der Waals surface area contributed by atoms with Gasteiger partial charge in [0.25, 0.3) is 0 Å². The molecular formula is C20H36O2. The monoisotopic (exact) mass is 308 g/mol. The quantitative estimate of drug-likeness (QED) is 0.797. The van der Waals surface area contributed by atoms with Gasteiger partial charge in [-0.25, -0.2) is 0 Å². The van der Waals surface area contributed by atoms with Crippen molar-refractivity contribution in [3.8, 4) is 0 Å². The van der Waals surface area contributed by atoms with Crippen LogP contribution in [0.15, 0.2) is 0 Å². The maximum absolute atomic E-state index is 10.2. The van der Waals surface area contributed by atoms with Crippen molar-refractivity contribution in [2.24, 2.45) is 22.7 Å². The van der Waals surface area contributed by atoms with Crippen molar-refractivity contribution in [3.63, 3.8) is 0 Å². The summed E-state index contributed by atoms with van der Waals surface area (Å²) in [6, 6.07) is 0. The topological polar surface area (TPSA) is 29.5 Å². The van der Waals surface area contributed by atoms with Gasteiger partial charge in [0, 0.05) is 0 Å². The van der Waals surface area contributed by atoms with Crippen molar-refractivity contribution < 1.29 is 9.84 Å². The van der Waals surface area contributed by atoms with E-state index in [0.29, 0.717) is 10.8 Å². The molecule has 0 aromatic rings. The van der Waals surface area contributed by atoms with Crippen molar-refractivity contribution >= 4 is 0 Å². The molecule has 3 aliphatic carbocycles. The molecule has 3 aliphatic rings. The summed E-state index contributed by atoms with van der Waals surface area (Å²) >= 11 is 0. The molecule has 128 valence electrons. The lowest BCUT2D eigenvalue weighted by atomic mass is 9.49. The van der Waals surface area contributed by atoms with Gasteiger partial charge in [-0.1, -0.05) is 34.1 Å². The zero-order valence-electron chi connectivity index (χ0n) is 15.3. The first-order valence-electron chi connectivity index (χ1n) is 9.57. The van der Waals surface area contributed by atoms with E-state index in [1.54, 1.807) is 0 Å². The van der Waals surface area contributed by atoms with E-state index in [-0.39, 0.29) is 17.8 Å². The summed E-state index contributed by atoms with van der Waals surface area (Å²) in [7, 11) is 0. The molecule has 3 rings (SSSR count). The molecule has 3 fully saturated rings. The van der Waals surface area contributed by atoms with E-state index < -0.39 is 0 Å². The van der Waals surface area contributed by atoms with Crippen LogP contribution in [-0.2, 0) is 4.74 Å². The van der Waals surface area contributed by atoms with Crippen LogP contribution in [0, 0.1) is 22.7 Å². The Morgan fingerprint density at radius 3 is 2.50 bits per heavy atom. The Bertz CT molecular complexity index is 418. The Morgan fingerprint density at radius 1 is 1.14 bits per heavy atom. The number of aliphatic hydroxyl groups is 1. The van der Waals surface area contributed by atoms with Crippen LogP contribution in [0.25, 0.3) is 0 Å². The first kappa shape index (κ1) is 16.8. The molecule has 1 N–H and O–H groups in total. The summed E-state index contributed by atoms with van der Waals surface area (Å²) in [6.45, 7) is 11.5. The number of ether oxygens (including phenoxy) is 1. The van der Waals surface area contributed by atoms with Crippen molar-refractivity contribution in [3.05, 3.63) is 0 Å². The molecule has 0 aromatic heterocycles. The fourth-order valence-electron chi connectivity index (χ4n) is 6.11. The second-order valence-electron chi connectivity index (χ2n) is 9.65. The summed E-state index contributed by atoms with van der Waals surface area (Å²) < 4.78 is 6.72. The van der Waals surface area contributed by atoms with Gasteiger partial charge in [-0.15, -0.1) is 0 Å². The van der Waals surface area contributed by atoms with Gasteiger partial charge in [-0.3, -0.25) is 0 Å². The van der Waals surface area contributed by atoms with Crippen molar-refractivity contribution in [1.82, 2.24) is 0 Å². The van der Waals surface area contributed by atoms with Crippen LogP contribution in [0.5, 0.6) is 0 Å². The summed E-state index contributed by atoms with van der Waals surface area (Å²) in [5.41, 5.74) is 0.989. The highest BCUT2D eigenvalue weighted by molar-refractivity contribution is 5.11. The first-order valence-corrected chi connectivity index (χ1v) is 9.57. The zero-order valence-corrected chi connectivity index (χ0v) is 15.3. The minimum absolute atomic E-state index is 0.0326. The fraction of sp³-hybridized carbons (Fsp3) is 1.00. The molecule has 6 atom stereocenters. The van der Waals surface area contributed by atoms with E-state index >= 15 is 0 Å². The second-order valence-corrected chi connectivity index (χ2v) is 9.65. The van der Waals surface area contributed by atoms with E-state index in [4.69, 9.17) is 4.74 Å². The standard InChI is InChI=1S/C20H36O2/c1-6-17(21)14(2)22-20-10-7-9-19(5,13-20)11-8-15-16(20)12-18(15,3)4/h14-17,21H,6-13H2,1-5H3. The van der Waals surface area contributed by atoms with Crippen LogP contribution < -0.4 is 0 Å². The molecule has 0 heterocycles. The van der Waals surface area contributed by atoms with Gasteiger partial charge in [-0.2, -0.15) is 0 Å². The number of hydrogen-bond donors (Lipinski definition) is 1. The number of hydrogen-bond acceptors (Lipinski definition) is 2. The zero-order chi connectivity index (χ0) is 16.2. The Hall–Kier alpha value is -0.0800. The fourth-order valence-corrected chi connectivity index (χ4v) is 6.11. The number of fused-ring (bicyclic) bond motifs is 4. The molecule has 3 saturated carbocycles. The number of aliphatic hydroxyl groups excluding tert-OH is 1. The van der Waals surface area contributed by atoms with Gasteiger partial charge in [0.15, 0.2) is 0 Å². The number of rotatable bonds is 4. The summed E-state index contributed by atoms with van der Waals surface area (Å²) in [5.74, 6) is 1.54. The minimum Gasteiger partial charge on any atom is -0.390 e. The SMILES string of the molecule is CCC(O)C(C)OC12CCCC(C)(CCC3C1CC3(C)C)C2. The van der Waals surface area contributed by atoms with E-state index in [2.05, 4.69) is 34.6 Å². The normalized spacial score (nSPS) is 46.1. The Balaban J connectivity index is 1.87. The van der Waals surface area contributed by atoms with Gasteiger partial charge < -0.3 is 9.84 Å². The molecule has 0 amide bonds. The highest BCUT2D eigenvalue weighted by Crippen LogP contribution is 2.66. The van der Waals surface area contributed by atoms with Crippen LogP contribution in [0.1, 0.15) is 86.0 Å². The average Bonchev–Trinajstić information content (AvgIpc) is 2.50. The van der Waals surface area contributed by atoms with E-state index in [9.17, 15) is 5.11 Å². The highest BCUT2D eigenvalue weighted by Gasteiger charge is 2.61. The van der Waals surface area contributed by atoms with Gasteiger partial charge in [0.2, 0.25) is 0 Å². The molecule has 0 aliphatic heterocycles. The van der Waals surface area contributed by atoms with Gasteiger partial charge >= 0.3 is 0 Å². The van der Waals surface area contributed by atoms with Gasteiger partial charge in [0.1, 0.15) is 0 Å². The molecular weight excluding hydrogens is 272 g/mol. The van der Waals surface area contributed by atoms with Crippen LogP contribution >= 0.6 is 0 Å². The van der Waals surface area contributed by atoms with Crippen molar-refractivity contribution in [1.29, 1.82) is 0 Å². The van der Waals surface area contributed by atoms with Crippen LogP contribution in [-0.4, -0.2) is 22.9 Å². The van der Waals surface area contributed by atoms with Gasteiger partial charge in [-0.05, 0) is 74.5 Å². The molecule has 2 heteroatoms. The lowest BCUT2D eigenvalue weighted by Gasteiger charge is -2.60. The second kappa shape index (κ2) is 5.48. The summed E-state index contributed by atoms with van der Waals surface area (Å²) in [4.78, 5) is 0. The maximum Gasteiger partial charge on any atom is 0.0813 e. The van der Waals surface area contributed by atoms with Gasteiger partial charge in [0.05, 0.1) is 17.8 Å². The van der Waals surface area contributed by atoms with Crippen LogP contribution in [0.2, 0.25) is 0 Å². The van der Waals surface area contributed by atoms with E-state index in [1.807, 2.05) is 0 Å². The molecule has 2 nitrogen and oxygen atoms in total. The predicted molar refractivity (Wildman–Crippen MR) is 90.8 cm³/mol. The Kier molecular flexibility index (Phi) is 4.18. The third-order valence-corrected chi connectivity index (χ3v) is 7.46. The molecule has 0 saturated heterocycles. The first-order chi connectivity index (χ1) is 10.2. The Labute approximate surface area is 137 Å². The summed E-state index contributed by atoms with van der Waals surface area (Å²) in [5, 5.41) is 10.2. The van der Waals surface area contributed by atoms with E-state index in [0.717, 1.165) is 18.3 Å². The smallest absolute Gasteiger partial charge is 0.0813 e. The average molecular weight is 309 g/mol. The third-order valence-electron chi connectivity index (χ3n) is 7.46. The largest absolute Gasteiger partial charge is 0.390 e. The van der Waals surface area contributed by atoms with Crippen molar-refractivity contribution in [2.75, 3.05) is 0 Å². The lowest BCUT2D eigenvalue weighted by molar-refractivity contribution is -0.225. The molecule has 2 bridgehead atoms. The highest BCUT2D eigenvalue weighted by atomic mass is 16.5. The Morgan fingerprint density at radius 2 is 1.86 bits per heavy atom. The molecule has 6 unspecified atom stereocenters. The van der Waals surface area contributed by atoms with Crippen LogP contribution in [0.4, 0.5) is 0 Å². The lowest BCUT2D eigenvalue weighted by Crippen LogP contribution is -2.58. The van der Waals surface area contributed by atoms with E-state index in [1.165, 1.54) is 44.9 Å². The molecule has 0 radical (unpaired) electrons. The van der Waals surface area contributed by atoms with Crippen LogP contribution in [0.3, 0.4) is 0 Å². The summed E-state index contributed by atoms with van der Waals surface area (Å²) in [6.07, 6.45) is 9.58.